The first-order valence-electron chi connectivity index (χ1n) is 6.33. The Labute approximate surface area is 98.9 Å². The molecule has 0 aromatic rings. The quantitative estimate of drug-likeness (QED) is 0.451. The molecule has 0 N–H and O–H groups in total. The van der Waals surface area contributed by atoms with E-state index in [0.29, 0.717) is 19.8 Å². The highest BCUT2D eigenvalue weighted by Crippen LogP contribution is 2.02. The molecule has 0 radical (unpaired) electrons. The van der Waals surface area contributed by atoms with Gasteiger partial charge in [-0.25, -0.2) is 4.79 Å². The van der Waals surface area contributed by atoms with E-state index in [1.165, 1.54) is 5.06 Å². The summed E-state index contributed by atoms with van der Waals surface area (Å²) in [7, 11) is 0. The van der Waals surface area contributed by atoms with Crippen LogP contribution in [0.3, 0.4) is 0 Å². The number of nitrogens with zero attached hydrogens (tertiary/aromatic N) is 1. The molecule has 0 aliphatic rings. The minimum atomic E-state index is -0.355. The van der Waals surface area contributed by atoms with E-state index in [-0.39, 0.29) is 6.09 Å². The van der Waals surface area contributed by atoms with Crippen molar-refractivity contribution in [3.8, 4) is 0 Å². The summed E-state index contributed by atoms with van der Waals surface area (Å²) in [5, 5.41) is 1.36. The first-order chi connectivity index (χ1) is 7.76. The van der Waals surface area contributed by atoms with Gasteiger partial charge in [-0.3, -0.25) is 4.84 Å². The lowest BCUT2D eigenvalue weighted by Crippen LogP contribution is -2.33. The van der Waals surface area contributed by atoms with Crippen molar-refractivity contribution in [3.63, 3.8) is 0 Å². The number of carbonyl (C=O) groups excluding carboxylic acids is 1. The van der Waals surface area contributed by atoms with Gasteiger partial charge in [0.1, 0.15) is 0 Å². The van der Waals surface area contributed by atoms with E-state index in [2.05, 4.69) is 13.8 Å². The third kappa shape index (κ3) is 7.51. The first kappa shape index (κ1) is 15.2. The molecular weight excluding hydrogens is 206 g/mol. The molecule has 0 aliphatic heterocycles. The van der Waals surface area contributed by atoms with Crippen molar-refractivity contribution in [1.29, 1.82) is 0 Å². The van der Waals surface area contributed by atoms with Crippen LogP contribution in [0.2, 0.25) is 0 Å². The Balaban J connectivity index is 3.91. The van der Waals surface area contributed by atoms with Crippen molar-refractivity contribution in [2.45, 2.75) is 52.9 Å². The van der Waals surface area contributed by atoms with Crippen molar-refractivity contribution in [3.05, 3.63) is 0 Å². The van der Waals surface area contributed by atoms with Crippen molar-refractivity contribution >= 4 is 6.09 Å². The molecule has 0 rings (SSSR count). The highest BCUT2D eigenvalue weighted by molar-refractivity contribution is 5.66. The van der Waals surface area contributed by atoms with Gasteiger partial charge in [0.15, 0.2) is 0 Å². The van der Waals surface area contributed by atoms with Gasteiger partial charge in [0.2, 0.25) is 0 Å². The predicted octanol–water partition coefficient (Wildman–Crippen LogP) is 3.37. The third-order valence-electron chi connectivity index (χ3n) is 2.09. The van der Waals surface area contributed by atoms with Crippen LogP contribution in [-0.4, -0.2) is 30.9 Å². The zero-order valence-electron chi connectivity index (χ0n) is 10.8. The number of hydrogen-bond donors (Lipinski definition) is 0. The van der Waals surface area contributed by atoms with Crippen molar-refractivity contribution < 1.29 is 14.4 Å². The zero-order chi connectivity index (χ0) is 12.2. The molecule has 0 aliphatic carbocycles. The van der Waals surface area contributed by atoms with Crippen molar-refractivity contribution in [2.75, 3.05) is 19.8 Å². The third-order valence-corrected chi connectivity index (χ3v) is 2.09. The molecule has 0 fully saturated rings. The Hall–Kier alpha value is -0.770. The minimum Gasteiger partial charge on any atom is -0.448 e. The largest absolute Gasteiger partial charge is 0.448 e. The highest BCUT2D eigenvalue weighted by Gasteiger charge is 2.14. The molecule has 4 heteroatoms. The Morgan fingerprint density at radius 2 is 1.69 bits per heavy atom. The number of ether oxygens (including phenoxy) is 1. The van der Waals surface area contributed by atoms with E-state index < -0.39 is 0 Å². The summed E-state index contributed by atoms with van der Waals surface area (Å²) in [6, 6.07) is 0. The summed E-state index contributed by atoms with van der Waals surface area (Å²) in [5.41, 5.74) is 0. The monoisotopic (exact) mass is 231 g/mol. The summed E-state index contributed by atoms with van der Waals surface area (Å²) in [5.74, 6) is 0. The number of carbonyl (C=O) groups is 1. The van der Waals surface area contributed by atoms with Gasteiger partial charge < -0.3 is 4.74 Å². The van der Waals surface area contributed by atoms with Crippen LogP contribution in [0.4, 0.5) is 4.79 Å². The lowest BCUT2D eigenvalue weighted by molar-refractivity contribution is -0.137. The fourth-order valence-corrected chi connectivity index (χ4v) is 1.09. The molecule has 4 nitrogen and oxygen atoms in total. The maximum absolute atomic E-state index is 11.6. The average Bonchev–Trinajstić information content (AvgIpc) is 2.30. The van der Waals surface area contributed by atoms with Gasteiger partial charge in [-0.05, 0) is 19.3 Å². The van der Waals surface area contributed by atoms with Gasteiger partial charge in [-0.15, -0.1) is 0 Å². The Kier molecular flexibility index (Phi) is 10.2. The van der Waals surface area contributed by atoms with Crippen LogP contribution in [0.5, 0.6) is 0 Å². The maximum atomic E-state index is 11.6. The SMILES string of the molecule is CCCCON(CCCC)C(=O)OCCC. The molecule has 0 atom stereocenters. The molecule has 16 heavy (non-hydrogen) atoms. The molecule has 0 aromatic heterocycles. The second kappa shape index (κ2) is 10.7. The van der Waals surface area contributed by atoms with Crippen LogP contribution in [0.15, 0.2) is 0 Å². The lowest BCUT2D eigenvalue weighted by Gasteiger charge is -2.20. The second-order valence-corrected chi connectivity index (χ2v) is 3.76. The van der Waals surface area contributed by atoms with E-state index in [1.807, 2.05) is 6.92 Å². The number of hydrogen-bond acceptors (Lipinski definition) is 3. The Morgan fingerprint density at radius 3 is 2.25 bits per heavy atom. The molecular formula is C12H25NO3. The molecule has 0 aromatic carbocycles. The van der Waals surface area contributed by atoms with Crippen molar-refractivity contribution in [1.82, 2.24) is 5.06 Å². The lowest BCUT2D eigenvalue weighted by atomic mass is 10.3. The van der Waals surface area contributed by atoms with E-state index >= 15 is 0 Å². The molecule has 0 spiro atoms. The van der Waals surface area contributed by atoms with Crippen LogP contribution in [0, 0.1) is 0 Å². The molecule has 0 unspecified atom stereocenters. The molecule has 0 heterocycles. The van der Waals surface area contributed by atoms with Gasteiger partial charge in [0.25, 0.3) is 0 Å². The van der Waals surface area contributed by atoms with Gasteiger partial charge in [0, 0.05) is 0 Å². The Bertz CT molecular complexity index is 174. The Morgan fingerprint density at radius 1 is 1.00 bits per heavy atom. The van der Waals surface area contributed by atoms with Crippen LogP contribution in [0.1, 0.15) is 52.9 Å². The van der Waals surface area contributed by atoms with Crippen molar-refractivity contribution in [2.24, 2.45) is 0 Å². The first-order valence-corrected chi connectivity index (χ1v) is 6.33. The molecule has 0 bridgehead atoms. The van der Waals surface area contributed by atoms with Crippen LogP contribution in [0.25, 0.3) is 0 Å². The number of unbranched alkanes of at least 4 members (excludes halogenated alkanes) is 2. The number of amides is 1. The fraction of sp³-hybridized carbons (Fsp3) is 0.917. The van der Waals surface area contributed by atoms with E-state index in [9.17, 15) is 4.79 Å². The molecule has 96 valence electrons. The maximum Gasteiger partial charge on any atom is 0.433 e. The zero-order valence-corrected chi connectivity index (χ0v) is 10.8. The standard InChI is InChI=1S/C12H25NO3/c1-4-7-9-13(16-11-8-5-2)12(14)15-10-6-3/h4-11H2,1-3H3. The molecule has 0 saturated heterocycles. The van der Waals surface area contributed by atoms with Crippen LogP contribution < -0.4 is 0 Å². The summed E-state index contributed by atoms with van der Waals surface area (Å²) in [6.07, 6.45) is 4.48. The van der Waals surface area contributed by atoms with Gasteiger partial charge in [-0.2, -0.15) is 5.06 Å². The minimum absolute atomic E-state index is 0.355. The van der Waals surface area contributed by atoms with Gasteiger partial charge in [0.05, 0.1) is 19.8 Å². The average molecular weight is 231 g/mol. The van der Waals surface area contributed by atoms with Crippen LogP contribution >= 0.6 is 0 Å². The second-order valence-electron chi connectivity index (χ2n) is 3.76. The van der Waals surface area contributed by atoms with E-state index in [0.717, 1.165) is 32.1 Å². The number of rotatable bonds is 9. The predicted molar refractivity (Wildman–Crippen MR) is 64.1 cm³/mol. The summed E-state index contributed by atoms with van der Waals surface area (Å²) >= 11 is 0. The summed E-state index contributed by atoms with van der Waals surface area (Å²) in [6.45, 7) is 7.81. The van der Waals surface area contributed by atoms with Crippen LogP contribution in [-0.2, 0) is 9.57 Å². The number of hydroxylamine groups is 2. The smallest absolute Gasteiger partial charge is 0.433 e. The summed E-state index contributed by atoms with van der Waals surface area (Å²) in [4.78, 5) is 17.0. The highest BCUT2D eigenvalue weighted by atomic mass is 16.7. The normalized spacial score (nSPS) is 10.2. The van der Waals surface area contributed by atoms with Gasteiger partial charge in [-0.1, -0.05) is 33.6 Å². The fourth-order valence-electron chi connectivity index (χ4n) is 1.09. The van der Waals surface area contributed by atoms with E-state index in [4.69, 9.17) is 9.57 Å². The topological polar surface area (TPSA) is 38.8 Å². The summed E-state index contributed by atoms with van der Waals surface area (Å²) < 4.78 is 5.04. The molecule has 0 saturated carbocycles. The van der Waals surface area contributed by atoms with Gasteiger partial charge >= 0.3 is 6.09 Å². The molecule has 1 amide bonds. The van der Waals surface area contributed by atoms with E-state index in [1.54, 1.807) is 0 Å².